The van der Waals surface area contributed by atoms with Crippen molar-refractivity contribution in [3.63, 3.8) is 0 Å². The van der Waals surface area contributed by atoms with Gasteiger partial charge in [-0.2, -0.15) is 10.4 Å². The molecule has 0 radical (unpaired) electrons. The third kappa shape index (κ3) is 1.63. The van der Waals surface area contributed by atoms with Gasteiger partial charge in [0, 0.05) is 18.3 Å². The minimum Gasteiger partial charge on any atom is -0.507 e. The topological polar surface area (TPSA) is 61.8 Å². The van der Waals surface area contributed by atoms with Crippen molar-refractivity contribution in [1.82, 2.24) is 9.78 Å². The zero-order valence-electron chi connectivity index (χ0n) is 8.88. The van der Waals surface area contributed by atoms with Gasteiger partial charge in [-0.05, 0) is 31.2 Å². The van der Waals surface area contributed by atoms with Crippen molar-refractivity contribution in [2.75, 3.05) is 0 Å². The first kappa shape index (κ1) is 10.2. The molecule has 0 aliphatic heterocycles. The van der Waals surface area contributed by atoms with Crippen molar-refractivity contribution in [3.8, 4) is 23.1 Å². The molecule has 80 valence electrons. The number of rotatable bonds is 2. The Hall–Kier alpha value is -2.28. The van der Waals surface area contributed by atoms with E-state index >= 15 is 0 Å². The molecule has 1 aromatic carbocycles. The highest BCUT2D eigenvalue weighted by Gasteiger charge is 2.07. The van der Waals surface area contributed by atoms with Gasteiger partial charge in [0.25, 0.3) is 0 Å². The van der Waals surface area contributed by atoms with Crippen LogP contribution in [0, 0.1) is 11.3 Å². The first-order chi connectivity index (χ1) is 7.76. The van der Waals surface area contributed by atoms with E-state index in [-0.39, 0.29) is 11.3 Å². The molecule has 16 heavy (non-hydrogen) atoms. The predicted molar refractivity (Wildman–Crippen MR) is 59.7 cm³/mol. The quantitative estimate of drug-likeness (QED) is 0.831. The van der Waals surface area contributed by atoms with Crippen LogP contribution in [0.5, 0.6) is 5.75 Å². The van der Waals surface area contributed by atoms with E-state index in [1.807, 2.05) is 23.7 Å². The van der Waals surface area contributed by atoms with Gasteiger partial charge in [0.2, 0.25) is 0 Å². The van der Waals surface area contributed by atoms with Crippen LogP contribution >= 0.6 is 0 Å². The molecule has 0 unspecified atom stereocenters. The average molecular weight is 213 g/mol. The Labute approximate surface area is 93.4 Å². The molecule has 0 amide bonds. The molecule has 2 aromatic rings. The number of phenolic OH excluding ortho intramolecular Hbond substituents is 1. The van der Waals surface area contributed by atoms with Crippen LogP contribution in [0.2, 0.25) is 0 Å². The van der Waals surface area contributed by atoms with Crippen LogP contribution in [0.25, 0.3) is 11.3 Å². The monoisotopic (exact) mass is 213 g/mol. The molecule has 1 heterocycles. The van der Waals surface area contributed by atoms with E-state index in [4.69, 9.17) is 5.26 Å². The summed E-state index contributed by atoms with van der Waals surface area (Å²) in [6.45, 7) is 2.77. The molecule has 0 saturated carbocycles. The van der Waals surface area contributed by atoms with Gasteiger partial charge >= 0.3 is 0 Å². The van der Waals surface area contributed by atoms with E-state index in [0.29, 0.717) is 0 Å². The zero-order chi connectivity index (χ0) is 11.5. The third-order valence-electron chi connectivity index (χ3n) is 2.43. The predicted octanol–water partition coefficient (Wildman–Crippen LogP) is 2.15. The lowest BCUT2D eigenvalue weighted by atomic mass is 10.1. The molecule has 0 aliphatic carbocycles. The van der Waals surface area contributed by atoms with Gasteiger partial charge in [0.05, 0.1) is 11.3 Å². The molecule has 0 saturated heterocycles. The van der Waals surface area contributed by atoms with Gasteiger partial charge in [-0.3, -0.25) is 4.68 Å². The summed E-state index contributed by atoms with van der Waals surface area (Å²) in [7, 11) is 0. The van der Waals surface area contributed by atoms with E-state index in [1.54, 1.807) is 18.3 Å². The molecule has 4 heteroatoms. The Morgan fingerprint density at radius 3 is 2.94 bits per heavy atom. The van der Waals surface area contributed by atoms with E-state index in [2.05, 4.69) is 5.10 Å². The molecule has 0 fully saturated rings. The number of aromatic hydroxyl groups is 1. The fourth-order valence-corrected chi connectivity index (χ4v) is 1.61. The minimum atomic E-state index is 0.00816. The van der Waals surface area contributed by atoms with Crippen molar-refractivity contribution in [1.29, 1.82) is 5.26 Å². The van der Waals surface area contributed by atoms with Gasteiger partial charge < -0.3 is 5.11 Å². The standard InChI is InChI=1S/C12H11N3O/c1-2-15-11(5-6-14-15)9-3-4-12(16)10(7-9)8-13/h3-7,16H,2H2,1H3. The minimum absolute atomic E-state index is 0.00816. The highest BCUT2D eigenvalue weighted by molar-refractivity contribution is 5.64. The Morgan fingerprint density at radius 1 is 1.44 bits per heavy atom. The van der Waals surface area contributed by atoms with Crippen LogP contribution in [0.15, 0.2) is 30.5 Å². The Kier molecular flexibility index (Phi) is 2.61. The first-order valence-electron chi connectivity index (χ1n) is 5.01. The van der Waals surface area contributed by atoms with Crippen molar-refractivity contribution < 1.29 is 5.11 Å². The number of phenols is 1. The van der Waals surface area contributed by atoms with Crippen molar-refractivity contribution in [2.24, 2.45) is 0 Å². The number of nitriles is 1. The molecule has 1 N–H and O–H groups in total. The van der Waals surface area contributed by atoms with E-state index in [0.717, 1.165) is 17.8 Å². The number of hydrogen-bond donors (Lipinski definition) is 1. The lowest BCUT2D eigenvalue weighted by Gasteiger charge is -2.05. The second kappa shape index (κ2) is 4.07. The normalized spacial score (nSPS) is 10.0. The summed E-state index contributed by atoms with van der Waals surface area (Å²) in [5.74, 6) is 0.00816. The van der Waals surface area contributed by atoms with Crippen LogP contribution in [-0.4, -0.2) is 14.9 Å². The van der Waals surface area contributed by atoms with Crippen LogP contribution in [-0.2, 0) is 6.54 Å². The lowest BCUT2D eigenvalue weighted by molar-refractivity contribution is 0.473. The summed E-state index contributed by atoms with van der Waals surface area (Å²) in [4.78, 5) is 0. The fraction of sp³-hybridized carbons (Fsp3) is 0.167. The second-order valence-corrected chi connectivity index (χ2v) is 3.38. The zero-order valence-corrected chi connectivity index (χ0v) is 8.88. The molecule has 1 aromatic heterocycles. The van der Waals surface area contributed by atoms with Gasteiger partial charge in [0.15, 0.2) is 0 Å². The largest absolute Gasteiger partial charge is 0.507 e. The molecule has 2 rings (SSSR count). The summed E-state index contributed by atoms with van der Waals surface area (Å²) >= 11 is 0. The smallest absolute Gasteiger partial charge is 0.133 e. The van der Waals surface area contributed by atoms with Crippen molar-refractivity contribution >= 4 is 0 Å². The molecule has 0 bridgehead atoms. The Bertz CT molecular complexity index is 552. The van der Waals surface area contributed by atoms with Gasteiger partial charge in [-0.15, -0.1) is 0 Å². The summed E-state index contributed by atoms with van der Waals surface area (Å²) in [6.07, 6.45) is 1.72. The fourth-order valence-electron chi connectivity index (χ4n) is 1.61. The summed E-state index contributed by atoms with van der Waals surface area (Å²) in [6, 6.07) is 8.81. The second-order valence-electron chi connectivity index (χ2n) is 3.38. The Morgan fingerprint density at radius 2 is 2.25 bits per heavy atom. The maximum Gasteiger partial charge on any atom is 0.133 e. The molecular weight excluding hydrogens is 202 g/mol. The number of nitrogens with zero attached hydrogens (tertiary/aromatic N) is 3. The van der Waals surface area contributed by atoms with E-state index < -0.39 is 0 Å². The highest BCUT2D eigenvalue weighted by Crippen LogP contribution is 2.25. The van der Waals surface area contributed by atoms with Crippen molar-refractivity contribution in [2.45, 2.75) is 13.5 Å². The molecule has 4 nitrogen and oxygen atoms in total. The van der Waals surface area contributed by atoms with E-state index in [9.17, 15) is 5.11 Å². The van der Waals surface area contributed by atoms with E-state index in [1.165, 1.54) is 6.07 Å². The highest BCUT2D eigenvalue weighted by atomic mass is 16.3. The third-order valence-corrected chi connectivity index (χ3v) is 2.43. The van der Waals surface area contributed by atoms with Gasteiger partial charge in [0.1, 0.15) is 11.8 Å². The number of aromatic nitrogens is 2. The number of hydrogen-bond acceptors (Lipinski definition) is 3. The average Bonchev–Trinajstić information content (AvgIpc) is 2.78. The van der Waals surface area contributed by atoms with Crippen LogP contribution in [0.3, 0.4) is 0 Å². The molecule has 0 spiro atoms. The number of benzene rings is 1. The maximum atomic E-state index is 9.41. The van der Waals surface area contributed by atoms with Gasteiger partial charge in [-0.25, -0.2) is 0 Å². The lowest BCUT2D eigenvalue weighted by Crippen LogP contribution is -1.98. The first-order valence-corrected chi connectivity index (χ1v) is 5.01. The van der Waals surface area contributed by atoms with Crippen LogP contribution in [0.4, 0.5) is 0 Å². The maximum absolute atomic E-state index is 9.41. The molecular formula is C12H11N3O. The Balaban J connectivity index is 2.53. The SMILES string of the molecule is CCn1nccc1-c1ccc(O)c(C#N)c1. The van der Waals surface area contributed by atoms with Gasteiger partial charge in [-0.1, -0.05) is 0 Å². The number of aryl methyl sites for hydroxylation is 1. The van der Waals surface area contributed by atoms with Crippen LogP contribution < -0.4 is 0 Å². The van der Waals surface area contributed by atoms with Crippen molar-refractivity contribution in [3.05, 3.63) is 36.0 Å². The summed E-state index contributed by atoms with van der Waals surface area (Å²) in [5.41, 5.74) is 2.11. The molecule has 0 aliphatic rings. The molecule has 0 atom stereocenters. The van der Waals surface area contributed by atoms with Crippen LogP contribution in [0.1, 0.15) is 12.5 Å². The summed E-state index contributed by atoms with van der Waals surface area (Å²) < 4.78 is 1.84. The summed E-state index contributed by atoms with van der Waals surface area (Å²) in [5, 5.41) is 22.4.